The van der Waals surface area contributed by atoms with Crippen molar-refractivity contribution < 1.29 is 4.79 Å². The van der Waals surface area contributed by atoms with Gasteiger partial charge in [-0.3, -0.25) is 4.79 Å². The van der Waals surface area contributed by atoms with Crippen molar-refractivity contribution >= 4 is 21.8 Å². The van der Waals surface area contributed by atoms with Crippen molar-refractivity contribution in [3.8, 4) is 0 Å². The molecule has 0 radical (unpaired) electrons. The summed E-state index contributed by atoms with van der Waals surface area (Å²) >= 11 is 3.48. The molecule has 0 aliphatic heterocycles. The maximum atomic E-state index is 12.1. The molecule has 96 valence electrons. The van der Waals surface area contributed by atoms with Gasteiger partial charge in [-0.2, -0.15) is 0 Å². The van der Waals surface area contributed by atoms with Crippen LogP contribution in [0, 0.1) is 0 Å². The average molecular weight is 316 g/mol. The van der Waals surface area contributed by atoms with Crippen LogP contribution >= 0.6 is 15.9 Å². The van der Waals surface area contributed by atoms with Crippen LogP contribution in [-0.4, -0.2) is 5.91 Å². The molecule has 0 spiro atoms. The highest BCUT2D eigenvalue weighted by Crippen LogP contribution is 2.24. The molecule has 0 bridgehead atoms. The highest BCUT2D eigenvalue weighted by molar-refractivity contribution is 9.10. The van der Waals surface area contributed by atoms with E-state index in [1.807, 2.05) is 42.5 Å². The zero-order valence-corrected chi connectivity index (χ0v) is 11.9. The largest absolute Gasteiger partial charge is 0.342 e. The Morgan fingerprint density at radius 2 is 1.74 bits per heavy atom. The smallest absolute Gasteiger partial charge is 0.252 e. The van der Waals surface area contributed by atoms with Gasteiger partial charge in [0, 0.05) is 10.0 Å². The lowest BCUT2D eigenvalue weighted by Crippen LogP contribution is -2.27. The summed E-state index contributed by atoms with van der Waals surface area (Å²) in [5.74, 6) is -0.110. The van der Waals surface area contributed by atoms with Crippen molar-refractivity contribution in [1.82, 2.24) is 5.32 Å². The normalized spacial score (nSPS) is 11.6. The number of halogens is 1. The van der Waals surface area contributed by atoms with Gasteiger partial charge >= 0.3 is 0 Å². The molecular weight excluding hydrogens is 302 g/mol. The first-order valence-corrected chi connectivity index (χ1v) is 6.74. The molecule has 0 fully saturated rings. The second-order valence-corrected chi connectivity index (χ2v) is 4.93. The minimum absolute atomic E-state index is 0.110. The molecule has 19 heavy (non-hydrogen) atoms. The summed E-state index contributed by atoms with van der Waals surface area (Å²) in [6.07, 6.45) is 1.72. The van der Waals surface area contributed by atoms with E-state index in [0.29, 0.717) is 5.56 Å². The zero-order chi connectivity index (χ0) is 13.7. The number of benzene rings is 2. The Morgan fingerprint density at radius 3 is 2.37 bits per heavy atom. The Bertz CT molecular complexity index is 580. The first kappa shape index (κ1) is 13.6. The highest BCUT2D eigenvalue weighted by Gasteiger charge is 2.14. The van der Waals surface area contributed by atoms with Crippen LogP contribution in [0.4, 0.5) is 0 Å². The van der Waals surface area contributed by atoms with Gasteiger partial charge in [-0.05, 0) is 23.8 Å². The van der Waals surface area contributed by atoms with Crippen LogP contribution in [0.25, 0.3) is 0 Å². The molecule has 0 saturated carbocycles. The van der Waals surface area contributed by atoms with Crippen molar-refractivity contribution in [2.75, 3.05) is 0 Å². The standard InChI is InChI=1S/C16H14BrNO/c1-2-15(13-10-6-7-11-14(13)17)18-16(19)12-8-4-3-5-9-12/h2-11,15H,1H2,(H,18,19)/t15-/m0/s1. The number of rotatable bonds is 4. The minimum Gasteiger partial charge on any atom is -0.342 e. The maximum Gasteiger partial charge on any atom is 0.252 e. The third-order valence-electron chi connectivity index (χ3n) is 2.80. The predicted octanol–water partition coefficient (Wildman–Crippen LogP) is 4.11. The molecule has 2 nitrogen and oxygen atoms in total. The molecule has 0 saturated heterocycles. The van der Waals surface area contributed by atoms with E-state index < -0.39 is 0 Å². The van der Waals surface area contributed by atoms with E-state index in [2.05, 4.69) is 27.8 Å². The van der Waals surface area contributed by atoms with E-state index in [4.69, 9.17) is 0 Å². The van der Waals surface area contributed by atoms with Crippen molar-refractivity contribution in [3.63, 3.8) is 0 Å². The number of nitrogens with one attached hydrogen (secondary N) is 1. The van der Waals surface area contributed by atoms with Gasteiger partial charge in [-0.15, -0.1) is 6.58 Å². The van der Waals surface area contributed by atoms with Crippen molar-refractivity contribution in [1.29, 1.82) is 0 Å². The number of carbonyl (C=O) groups excluding carboxylic acids is 1. The quantitative estimate of drug-likeness (QED) is 0.845. The van der Waals surface area contributed by atoms with Gasteiger partial charge < -0.3 is 5.32 Å². The molecule has 2 aromatic carbocycles. The highest BCUT2D eigenvalue weighted by atomic mass is 79.9. The van der Waals surface area contributed by atoms with Crippen LogP contribution in [0.5, 0.6) is 0 Å². The second kappa shape index (κ2) is 6.34. The molecule has 0 aromatic heterocycles. The summed E-state index contributed by atoms with van der Waals surface area (Å²) in [6.45, 7) is 3.79. The molecule has 1 atom stereocenters. The summed E-state index contributed by atoms with van der Waals surface area (Å²) < 4.78 is 0.952. The number of hydrogen-bond acceptors (Lipinski definition) is 1. The van der Waals surface area contributed by atoms with Crippen LogP contribution in [0.2, 0.25) is 0 Å². The monoisotopic (exact) mass is 315 g/mol. The van der Waals surface area contributed by atoms with E-state index in [1.165, 1.54) is 0 Å². The molecule has 0 aliphatic rings. The van der Waals surface area contributed by atoms with E-state index in [1.54, 1.807) is 18.2 Å². The molecule has 0 aliphatic carbocycles. The number of carbonyl (C=O) groups is 1. The third kappa shape index (κ3) is 3.32. The Labute approximate surface area is 121 Å². The van der Waals surface area contributed by atoms with Gasteiger partial charge in [-0.1, -0.05) is 58.4 Å². The topological polar surface area (TPSA) is 29.1 Å². The predicted molar refractivity (Wildman–Crippen MR) is 81.0 cm³/mol. The van der Waals surface area contributed by atoms with Gasteiger partial charge in [0.1, 0.15) is 0 Å². The Kier molecular flexibility index (Phi) is 4.53. The fraction of sp³-hybridized carbons (Fsp3) is 0.0625. The summed E-state index contributed by atoms with van der Waals surface area (Å²) in [4.78, 5) is 12.1. The first-order chi connectivity index (χ1) is 9.22. The lowest BCUT2D eigenvalue weighted by atomic mass is 10.1. The Balaban J connectivity index is 2.19. The fourth-order valence-corrected chi connectivity index (χ4v) is 2.34. The molecule has 0 heterocycles. The summed E-state index contributed by atoms with van der Waals surface area (Å²) in [5.41, 5.74) is 1.63. The molecule has 2 aromatic rings. The lowest BCUT2D eigenvalue weighted by Gasteiger charge is -2.16. The van der Waals surface area contributed by atoms with Gasteiger partial charge in [0.2, 0.25) is 0 Å². The van der Waals surface area contributed by atoms with Crippen LogP contribution < -0.4 is 5.32 Å². The first-order valence-electron chi connectivity index (χ1n) is 5.95. The van der Waals surface area contributed by atoms with E-state index in [-0.39, 0.29) is 11.9 Å². The molecular formula is C16H14BrNO. The Morgan fingerprint density at radius 1 is 1.11 bits per heavy atom. The summed E-state index contributed by atoms with van der Waals surface area (Å²) in [7, 11) is 0. The number of amides is 1. The SMILES string of the molecule is C=C[C@H](NC(=O)c1ccccc1)c1ccccc1Br. The molecule has 0 unspecified atom stereocenters. The zero-order valence-electron chi connectivity index (χ0n) is 10.3. The Hall–Kier alpha value is -1.87. The van der Waals surface area contributed by atoms with Gasteiger partial charge in [-0.25, -0.2) is 0 Å². The van der Waals surface area contributed by atoms with E-state index in [0.717, 1.165) is 10.0 Å². The van der Waals surface area contributed by atoms with Crippen LogP contribution in [0.1, 0.15) is 22.0 Å². The van der Waals surface area contributed by atoms with Gasteiger partial charge in [0.05, 0.1) is 6.04 Å². The van der Waals surface area contributed by atoms with Crippen molar-refractivity contribution in [3.05, 3.63) is 82.9 Å². The van der Waals surface area contributed by atoms with Gasteiger partial charge in [0.15, 0.2) is 0 Å². The van der Waals surface area contributed by atoms with E-state index >= 15 is 0 Å². The minimum atomic E-state index is -0.219. The molecule has 1 N–H and O–H groups in total. The average Bonchev–Trinajstić information content (AvgIpc) is 2.46. The van der Waals surface area contributed by atoms with Crippen LogP contribution in [0.15, 0.2) is 71.7 Å². The third-order valence-corrected chi connectivity index (χ3v) is 3.52. The van der Waals surface area contributed by atoms with Crippen molar-refractivity contribution in [2.24, 2.45) is 0 Å². The maximum absolute atomic E-state index is 12.1. The van der Waals surface area contributed by atoms with Gasteiger partial charge in [0.25, 0.3) is 5.91 Å². The lowest BCUT2D eigenvalue weighted by molar-refractivity contribution is 0.0944. The summed E-state index contributed by atoms with van der Waals surface area (Å²) in [5, 5.41) is 2.95. The van der Waals surface area contributed by atoms with Crippen molar-refractivity contribution in [2.45, 2.75) is 6.04 Å². The molecule has 3 heteroatoms. The number of hydrogen-bond donors (Lipinski definition) is 1. The molecule has 2 rings (SSSR count). The van der Waals surface area contributed by atoms with Crippen LogP contribution in [-0.2, 0) is 0 Å². The van der Waals surface area contributed by atoms with Crippen LogP contribution in [0.3, 0.4) is 0 Å². The summed E-state index contributed by atoms with van der Waals surface area (Å²) in [6, 6.07) is 16.7. The van der Waals surface area contributed by atoms with E-state index in [9.17, 15) is 4.79 Å². The molecule has 1 amide bonds. The fourth-order valence-electron chi connectivity index (χ4n) is 1.81. The second-order valence-electron chi connectivity index (χ2n) is 4.07.